The molecule has 0 saturated heterocycles. The van der Waals surface area contributed by atoms with Crippen molar-refractivity contribution in [2.45, 2.75) is 26.3 Å². The van der Waals surface area contributed by atoms with Gasteiger partial charge in [0.05, 0.1) is 22.8 Å². The molecule has 0 aliphatic heterocycles. The number of rotatable bonds is 1. The highest BCUT2D eigenvalue weighted by molar-refractivity contribution is 6.06. The summed E-state index contributed by atoms with van der Waals surface area (Å²) in [5.74, 6) is 5.51. The zero-order valence-electron chi connectivity index (χ0n) is 16.1. The van der Waals surface area contributed by atoms with Gasteiger partial charge in [-0.2, -0.15) is 5.10 Å². The van der Waals surface area contributed by atoms with Crippen molar-refractivity contribution < 1.29 is 4.39 Å². The number of aryl methyl sites for hydroxylation is 1. The van der Waals surface area contributed by atoms with Gasteiger partial charge in [-0.05, 0) is 50.0 Å². The van der Waals surface area contributed by atoms with Gasteiger partial charge in [-0.3, -0.25) is 9.89 Å². The number of benzene rings is 1. The number of hydrogen-bond acceptors (Lipinski definition) is 5. The van der Waals surface area contributed by atoms with Crippen LogP contribution in [0.2, 0.25) is 0 Å². The second-order valence-corrected chi connectivity index (χ2v) is 7.52. The molecule has 0 atom stereocenters. The predicted octanol–water partition coefficient (Wildman–Crippen LogP) is 2.58. The third-order valence-electron chi connectivity index (χ3n) is 4.55. The first kappa shape index (κ1) is 18.7. The van der Waals surface area contributed by atoms with E-state index < -0.39 is 16.9 Å². The molecule has 0 aliphatic carbocycles. The van der Waals surface area contributed by atoms with Gasteiger partial charge in [-0.25, -0.2) is 9.37 Å². The van der Waals surface area contributed by atoms with Crippen molar-refractivity contribution in [1.29, 1.82) is 0 Å². The average Bonchev–Trinajstić information content (AvgIpc) is 3.13. The molecule has 146 valence electrons. The first-order chi connectivity index (χ1) is 13.7. The third-order valence-corrected chi connectivity index (χ3v) is 4.55. The van der Waals surface area contributed by atoms with Gasteiger partial charge in [-0.1, -0.05) is 12.0 Å². The summed E-state index contributed by atoms with van der Waals surface area (Å²) in [5.41, 5.74) is 14.4. The highest BCUT2D eigenvalue weighted by Gasteiger charge is 2.19. The number of nitrogens with one attached hydrogen (secondary N) is 2. The summed E-state index contributed by atoms with van der Waals surface area (Å²) in [6, 6.07) is 4.65. The van der Waals surface area contributed by atoms with Crippen LogP contribution in [0, 0.1) is 24.6 Å². The van der Waals surface area contributed by atoms with Crippen LogP contribution in [0.3, 0.4) is 0 Å². The Morgan fingerprint density at radius 2 is 2.03 bits per heavy atom. The Labute approximate surface area is 165 Å². The molecular weight excluding hydrogens is 371 g/mol. The zero-order valence-corrected chi connectivity index (χ0v) is 16.1. The van der Waals surface area contributed by atoms with Gasteiger partial charge < -0.3 is 16.5 Å². The lowest BCUT2D eigenvalue weighted by atomic mass is 9.98. The summed E-state index contributed by atoms with van der Waals surface area (Å²) >= 11 is 0. The van der Waals surface area contributed by atoms with E-state index in [0.29, 0.717) is 33.2 Å². The van der Waals surface area contributed by atoms with Crippen LogP contribution in [0.1, 0.15) is 25.1 Å². The summed E-state index contributed by atoms with van der Waals surface area (Å²) in [5, 5.41) is 7.05. The van der Waals surface area contributed by atoms with Gasteiger partial charge in [0.25, 0.3) is 5.56 Å². The number of aromatic nitrogens is 4. The van der Waals surface area contributed by atoms with E-state index in [4.69, 9.17) is 11.5 Å². The Hall–Kier alpha value is -3.70. The fourth-order valence-electron chi connectivity index (χ4n) is 3.17. The van der Waals surface area contributed by atoms with Gasteiger partial charge in [-0.15, -0.1) is 0 Å². The number of fused-ring (bicyclic) bond motifs is 2. The molecule has 3 aromatic heterocycles. The molecule has 0 bridgehead atoms. The van der Waals surface area contributed by atoms with Crippen LogP contribution in [-0.2, 0) is 0 Å². The Bertz CT molecular complexity index is 1400. The van der Waals surface area contributed by atoms with Gasteiger partial charge in [0, 0.05) is 10.9 Å². The topological polar surface area (TPSA) is 126 Å². The monoisotopic (exact) mass is 390 g/mol. The highest BCUT2D eigenvalue weighted by Crippen LogP contribution is 2.35. The van der Waals surface area contributed by atoms with Crippen LogP contribution < -0.4 is 17.0 Å². The standard InChI is InChI=1S/C21H19FN6O/c1-10-8-15-19(26-14(10)6-7-21(2,3)24)16(17(23)20(29)27-15)11-4-5-13(22)18-12(11)9-25-28-18/h4-5,8-9H,23-24H2,1-3H3,(H,25,28)(H,27,29). The smallest absolute Gasteiger partial charge is 0.272 e. The van der Waals surface area contributed by atoms with E-state index in [0.717, 1.165) is 5.56 Å². The number of nitrogens with two attached hydrogens (primary N) is 2. The number of hydrogen-bond donors (Lipinski definition) is 4. The van der Waals surface area contributed by atoms with Crippen molar-refractivity contribution in [2.75, 3.05) is 5.73 Å². The lowest BCUT2D eigenvalue weighted by Gasteiger charge is -2.12. The maximum atomic E-state index is 14.1. The van der Waals surface area contributed by atoms with Crippen LogP contribution in [0.5, 0.6) is 0 Å². The lowest BCUT2D eigenvalue weighted by molar-refractivity contribution is 0.636. The van der Waals surface area contributed by atoms with Crippen molar-refractivity contribution in [3.05, 3.63) is 51.8 Å². The second-order valence-electron chi connectivity index (χ2n) is 7.52. The molecule has 29 heavy (non-hydrogen) atoms. The molecule has 7 nitrogen and oxygen atoms in total. The number of aromatic amines is 2. The Morgan fingerprint density at radius 1 is 1.28 bits per heavy atom. The average molecular weight is 390 g/mol. The van der Waals surface area contributed by atoms with Crippen molar-refractivity contribution in [3.8, 4) is 23.0 Å². The fourth-order valence-corrected chi connectivity index (χ4v) is 3.17. The van der Waals surface area contributed by atoms with E-state index in [1.54, 1.807) is 26.0 Å². The highest BCUT2D eigenvalue weighted by atomic mass is 19.1. The second kappa shape index (κ2) is 6.43. The summed E-state index contributed by atoms with van der Waals surface area (Å²) < 4.78 is 14.1. The van der Waals surface area contributed by atoms with Crippen LogP contribution in [0.4, 0.5) is 10.1 Å². The van der Waals surface area contributed by atoms with E-state index >= 15 is 0 Å². The van der Waals surface area contributed by atoms with Crippen molar-refractivity contribution in [3.63, 3.8) is 0 Å². The Balaban J connectivity index is 2.11. The van der Waals surface area contributed by atoms with Gasteiger partial charge >= 0.3 is 0 Å². The maximum absolute atomic E-state index is 14.1. The van der Waals surface area contributed by atoms with E-state index in [2.05, 4.69) is 32.0 Å². The molecule has 0 saturated carbocycles. The molecule has 1 aromatic carbocycles. The summed E-state index contributed by atoms with van der Waals surface area (Å²) in [6.07, 6.45) is 1.49. The SMILES string of the molecule is Cc1cc2[nH]c(=O)c(N)c(-c3ccc(F)c4[nH]ncc34)c2nc1C#CC(C)(C)N. The molecular formula is C21H19FN6O. The number of halogens is 1. The number of H-pyrrole nitrogens is 2. The Kier molecular flexibility index (Phi) is 4.14. The molecule has 0 fully saturated rings. The molecule has 4 aromatic rings. The van der Waals surface area contributed by atoms with E-state index in [9.17, 15) is 9.18 Å². The minimum atomic E-state index is -0.685. The van der Waals surface area contributed by atoms with Crippen molar-refractivity contribution in [2.24, 2.45) is 5.73 Å². The third kappa shape index (κ3) is 3.22. The summed E-state index contributed by atoms with van der Waals surface area (Å²) in [6.45, 7) is 5.44. The molecule has 0 unspecified atom stereocenters. The number of nitrogens with zero attached hydrogens (tertiary/aromatic N) is 2. The molecule has 0 aliphatic rings. The first-order valence-electron chi connectivity index (χ1n) is 8.93. The molecule has 0 spiro atoms. The van der Waals surface area contributed by atoms with Crippen LogP contribution in [0.15, 0.2) is 29.2 Å². The van der Waals surface area contributed by atoms with Crippen LogP contribution in [-0.4, -0.2) is 25.7 Å². The largest absolute Gasteiger partial charge is 0.394 e. The van der Waals surface area contributed by atoms with E-state index in [-0.39, 0.29) is 11.2 Å². The number of anilines is 1. The van der Waals surface area contributed by atoms with Crippen molar-refractivity contribution >= 4 is 27.6 Å². The minimum absolute atomic E-state index is 0.0129. The number of nitrogen functional groups attached to an aromatic ring is 1. The fraction of sp³-hybridized carbons (Fsp3) is 0.190. The van der Waals surface area contributed by atoms with Crippen molar-refractivity contribution in [1.82, 2.24) is 20.2 Å². The minimum Gasteiger partial charge on any atom is -0.394 e. The van der Waals surface area contributed by atoms with Gasteiger partial charge in [0.15, 0.2) is 0 Å². The maximum Gasteiger partial charge on any atom is 0.272 e. The molecule has 3 heterocycles. The van der Waals surface area contributed by atoms with E-state index in [1.165, 1.54) is 12.3 Å². The lowest BCUT2D eigenvalue weighted by Crippen LogP contribution is -2.29. The predicted molar refractivity (Wildman–Crippen MR) is 112 cm³/mol. The van der Waals surface area contributed by atoms with Crippen LogP contribution >= 0.6 is 0 Å². The normalized spacial score (nSPS) is 11.6. The first-order valence-corrected chi connectivity index (χ1v) is 8.93. The molecule has 0 amide bonds. The quantitative estimate of drug-likeness (QED) is 0.372. The summed E-state index contributed by atoms with van der Waals surface area (Å²) in [7, 11) is 0. The van der Waals surface area contributed by atoms with Gasteiger partial charge in [0.2, 0.25) is 0 Å². The Morgan fingerprint density at radius 3 is 2.76 bits per heavy atom. The van der Waals surface area contributed by atoms with Gasteiger partial charge in [0.1, 0.15) is 22.7 Å². The van der Waals surface area contributed by atoms with Crippen LogP contribution in [0.25, 0.3) is 33.1 Å². The summed E-state index contributed by atoms with van der Waals surface area (Å²) in [4.78, 5) is 19.9. The molecule has 8 heteroatoms. The molecule has 0 radical (unpaired) electrons. The number of pyridine rings is 2. The molecule has 6 N–H and O–H groups in total. The zero-order chi connectivity index (χ0) is 20.9. The van der Waals surface area contributed by atoms with E-state index in [1.807, 2.05) is 6.92 Å². The molecule has 4 rings (SSSR count).